The van der Waals surface area contributed by atoms with Gasteiger partial charge in [-0.25, -0.2) is 0 Å². The summed E-state index contributed by atoms with van der Waals surface area (Å²) in [6.07, 6.45) is 9.33. The van der Waals surface area contributed by atoms with Crippen LogP contribution in [0.5, 0.6) is 0 Å². The summed E-state index contributed by atoms with van der Waals surface area (Å²) in [4.78, 5) is 5.49. The van der Waals surface area contributed by atoms with Gasteiger partial charge >= 0.3 is 0 Å². The molecule has 0 saturated heterocycles. The van der Waals surface area contributed by atoms with Gasteiger partial charge in [0.1, 0.15) is 5.76 Å². The van der Waals surface area contributed by atoms with Gasteiger partial charge in [-0.3, -0.25) is 0 Å². The molecule has 0 radical (unpaired) electrons. The van der Waals surface area contributed by atoms with Gasteiger partial charge in [0.15, 0.2) is 0 Å². The zero-order chi connectivity index (χ0) is 54.6. The van der Waals surface area contributed by atoms with Gasteiger partial charge in [0.25, 0.3) is 6.71 Å². The highest BCUT2D eigenvalue weighted by Crippen LogP contribution is 2.57. The molecule has 2 aliphatic heterocycles. The van der Waals surface area contributed by atoms with Crippen LogP contribution in [0.2, 0.25) is 0 Å². The van der Waals surface area contributed by atoms with Crippen molar-refractivity contribution in [3.8, 4) is 11.1 Å². The van der Waals surface area contributed by atoms with E-state index in [-0.39, 0.29) is 55.4 Å². The molecule has 0 atom stereocenters. The van der Waals surface area contributed by atoms with Crippen LogP contribution in [0, 0.1) is 6.92 Å². The molecule has 1 aromatic heterocycles. The second-order valence-corrected chi connectivity index (χ2v) is 31.7. The Labute approximate surface area is 460 Å². The Morgan fingerprint density at radius 2 is 0.987 bits per heavy atom. The third kappa shape index (κ3) is 7.68. The van der Waals surface area contributed by atoms with E-state index in [1.54, 1.807) is 0 Å². The van der Waals surface area contributed by atoms with Gasteiger partial charge in [-0.05, 0) is 204 Å². The lowest BCUT2D eigenvalue weighted by Gasteiger charge is -2.47. The van der Waals surface area contributed by atoms with Crippen molar-refractivity contribution in [2.75, 3.05) is 9.80 Å². The monoisotopic (exact) mass is 1010 g/mol. The minimum Gasteiger partial charge on any atom is -0.472 e. The first-order valence-corrected chi connectivity index (χ1v) is 29.7. The predicted molar refractivity (Wildman–Crippen MR) is 327 cm³/mol. The van der Waals surface area contributed by atoms with Crippen molar-refractivity contribution in [3.63, 3.8) is 0 Å². The Balaban J connectivity index is 1.16. The lowest BCUT2D eigenvalue weighted by molar-refractivity contribution is 0.282. The van der Waals surface area contributed by atoms with E-state index < -0.39 is 0 Å². The molecule has 0 unspecified atom stereocenters. The van der Waals surface area contributed by atoms with Crippen LogP contribution in [0.3, 0.4) is 0 Å². The van der Waals surface area contributed by atoms with E-state index in [0.29, 0.717) is 0 Å². The molecule has 0 N–H and O–H groups in total. The summed E-state index contributed by atoms with van der Waals surface area (Å²) in [5.41, 5.74) is 27.9. The smallest absolute Gasteiger partial charge is 0.297 e. The maximum absolute atomic E-state index is 7.91. The zero-order valence-electron chi connectivity index (χ0n) is 50.7. The summed E-state index contributed by atoms with van der Waals surface area (Å²) in [5, 5.41) is 0. The largest absolute Gasteiger partial charge is 0.472 e. The highest BCUT2D eigenvalue weighted by atomic mass is 16.3. The first-order chi connectivity index (χ1) is 35.1. The van der Waals surface area contributed by atoms with Gasteiger partial charge in [-0.15, -0.1) is 0 Å². The molecule has 0 saturated carbocycles. The normalized spacial score (nSPS) is 22.1. The standard InChI is InChI=1S/C72H91BN2O/c1-43-35-57-60-58(36-43)75(47-24-26-50-52(39-47)68(11,12)30-28-66(50,7)8)56-41-54-53(69(13,14)31-32-70(54,15)16)40-55(56)73(60)63-61(59-62(76-63)72(19,20)34-33-71(59,17)18)74(57)42-45-21-23-46(64(2,3)4)38-48(45)44-22-25-49-51(37-44)67(9,10)29-27-65(49,5)6/h21-26,35-41H,27-34,42H2,1-20H3. The van der Waals surface area contributed by atoms with Crippen molar-refractivity contribution in [2.24, 2.45) is 0 Å². The third-order valence-corrected chi connectivity index (χ3v) is 21.3. The fourth-order valence-corrected chi connectivity index (χ4v) is 15.6. The number of benzene rings is 5. The van der Waals surface area contributed by atoms with E-state index in [9.17, 15) is 0 Å². The average Bonchev–Trinajstić information content (AvgIpc) is 3.78. The van der Waals surface area contributed by atoms with E-state index in [1.807, 2.05) is 0 Å². The quantitative estimate of drug-likeness (QED) is 0.164. The molecule has 76 heavy (non-hydrogen) atoms. The molecule has 0 spiro atoms. The van der Waals surface area contributed by atoms with Crippen LogP contribution < -0.4 is 26.4 Å². The van der Waals surface area contributed by atoms with Crippen LogP contribution in [-0.4, -0.2) is 6.71 Å². The van der Waals surface area contributed by atoms with E-state index in [4.69, 9.17) is 4.42 Å². The van der Waals surface area contributed by atoms with Gasteiger partial charge in [0.2, 0.25) is 0 Å². The second kappa shape index (κ2) is 16.1. The fraction of sp³-hybridized carbons (Fsp3) is 0.528. The predicted octanol–water partition coefficient (Wildman–Crippen LogP) is 17.9. The molecule has 6 aromatic rings. The van der Waals surface area contributed by atoms with Crippen molar-refractivity contribution < 1.29 is 4.42 Å². The molecule has 4 aliphatic carbocycles. The van der Waals surface area contributed by atoms with Crippen molar-refractivity contribution in [1.82, 2.24) is 0 Å². The number of fused-ring (bicyclic) bond motifs is 9. The average molecular weight is 1010 g/mol. The number of furan rings is 1. The lowest BCUT2D eigenvalue weighted by atomic mass is 9.35. The third-order valence-electron chi connectivity index (χ3n) is 21.3. The maximum atomic E-state index is 7.91. The molecule has 5 aromatic carbocycles. The highest BCUT2D eigenvalue weighted by molar-refractivity contribution is 6.99. The lowest BCUT2D eigenvalue weighted by Crippen LogP contribution is -2.62. The molecule has 398 valence electrons. The number of anilines is 5. The van der Waals surface area contributed by atoms with Gasteiger partial charge in [0.05, 0.1) is 11.3 Å². The first-order valence-electron chi connectivity index (χ1n) is 29.7. The van der Waals surface area contributed by atoms with E-state index >= 15 is 0 Å². The van der Waals surface area contributed by atoms with E-state index in [1.165, 1.54) is 150 Å². The maximum Gasteiger partial charge on any atom is 0.297 e. The van der Waals surface area contributed by atoms with Crippen molar-refractivity contribution >= 4 is 51.7 Å². The van der Waals surface area contributed by atoms with Crippen LogP contribution in [0.1, 0.15) is 244 Å². The molecule has 0 bridgehead atoms. The summed E-state index contributed by atoms with van der Waals surface area (Å²) < 4.78 is 7.91. The Bertz CT molecular complexity index is 3430. The highest BCUT2D eigenvalue weighted by Gasteiger charge is 2.53. The molecule has 0 amide bonds. The Kier molecular flexibility index (Phi) is 11.0. The fourth-order valence-electron chi connectivity index (χ4n) is 15.6. The number of aryl methyl sites for hydroxylation is 1. The van der Waals surface area contributed by atoms with Gasteiger partial charge < -0.3 is 14.2 Å². The van der Waals surface area contributed by atoms with Crippen LogP contribution in [-0.2, 0) is 55.3 Å². The molecule has 4 heteroatoms. The molecule has 3 nitrogen and oxygen atoms in total. The SMILES string of the molecule is Cc1cc2c3c(c1)N(c1ccc4c(c1)C(C)(C)CCC4(C)C)c1cc4c(cc1B3c1oc3c(c1N2Cc1ccc(C(C)(C)C)cc1-c1ccc2c(c1)C(C)(C)CCC2(C)C)C(C)(C)CCC3(C)C)C(C)(C)CCC4(C)C. The minimum absolute atomic E-state index is 0.00933. The van der Waals surface area contributed by atoms with Crippen LogP contribution in [0.25, 0.3) is 11.1 Å². The topological polar surface area (TPSA) is 19.6 Å². The Morgan fingerprint density at radius 1 is 0.487 bits per heavy atom. The summed E-state index contributed by atoms with van der Waals surface area (Å²) in [7, 11) is 0. The van der Waals surface area contributed by atoms with Gasteiger partial charge in [-0.2, -0.15) is 0 Å². The van der Waals surface area contributed by atoms with Crippen molar-refractivity contribution in [3.05, 3.63) is 140 Å². The Morgan fingerprint density at radius 3 is 1.58 bits per heavy atom. The Hall–Kier alpha value is -4.96. The molecule has 0 fully saturated rings. The number of nitrogens with zero attached hydrogens (tertiary/aromatic N) is 2. The molecular formula is C72H91BN2O. The van der Waals surface area contributed by atoms with Crippen LogP contribution in [0.15, 0.2) is 83.3 Å². The molecule has 6 aliphatic rings. The number of hydrogen-bond acceptors (Lipinski definition) is 3. The van der Waals surface area contributed by atoms with Crippen molar-refractivity contribution in [1.29, 1.82) is 0 Å². The molecule has 12 rings (SSSR count). The van der Waals surface area contributed by atoms with Gasteiger partial charge in [0, 0.05) is 40.3 Å². The number of rotatable bonds is 4. The summed E-state index contributed by atoms with van der Waals surface area (Å²) in [6, 6.07) is 33.1. The minimum atomic E-state index is -0.114. The van der Waals surface area contributed by atoms with Gasteiger partial charge in [-0.1, -0.05) is 180 Å². The summed E-state index contributed by atoms with van der Waals surface area (Å²) in [6.45, 7) is 49.7. The van der Waals surface area contributed by atoms with E-state index in [0.717, 1.165) is 25.0 Å². The van der Waals surface area contributed by atoms with Crippen LogP contribution in [0.4, 0.5) is 28.4 Å². The number of hydrogen-bond donors (Lipinski definition) is 0. The molecular weight excluding hydrogens is 920 g/mol. The van der Waals surface area contributed by atoms with Crippen molar-refractivity contribution in [2.45, 2.75) is 245 Å². The first kappa shape index (κ1) is 51.8. The zero-order valence-corrected chi connectivity index (χ0v) is 50.7. The van der Waals surface area contributed by atoms with Crippen LogP contribution >= 0.6 is 0 Å². The van der Waals surface area contributed by atoms with E-state index in [2.05, 4.69) is 227 Å². The summed E-state index contributed by atoms with van der Waals surface area (Å²) >= 11 is 0. The molecule has 3 heterocycles. The summed E-state index contributed by atoms with van der Waals surface area (Å²) in [5.74, 6) is 1.19. The second-order valence-electron chi connectivity index (χ2n) is 31.7.